The summed E-state index contributed by atoms with van der Waals surface area (Å²) in [7, 11) is 0. The van der Waals surface area contributed by atoms with Crippen LogP contribution in [0.25, 0.3) is 0 Å². The van der Waals surface area contributed by atoms with E-state index >= 15 is 8.78 Å². The van der Waals surface area contributed by atoms with Crippen molar-refractivity contribution >= 4 is 34.9 Å². The van der Waals surface area contributed by atoms with Crippen molar-refractivity contribution in [1.82, 2.24) is 24.8 Å². The number of hydrogen-bond acceptors (Lipinski definition) is 9. The minimum absolute atomic E-state index is 0.0310. The van der Waals surface area contributed by atoms with E-state index in [1.54, 1.807) is 0 Å². The third-order valence-corrected chi connectivity index (χ3v) is 14.5. The second-order valence-corrected chi connectivity index (χ2v) is 20.0. The van der Waals surface area contributed by atoms with Gasteiger partial charge in [0.05, 0.1) is 0 Å². The maximum Gasteiger partial charge on any atom is 0.430 e. The number of carbonyl (C=O) groups is 2. The Morgan fingerprint density at radius 1 is 0.500 bits per heavy atom. The third kappa shape index (κ3) is 13.4. The van der Waals surface area contributed by atoms with E-state index in [2.05, 4.69) is 25.6 Å². The lowest BCUT2D eigenvalue weighted by Gasteiger charge is -2.35. The van der Waals surface area contributed by atoms with E-state index in [-0.39, 0.29) is 36.4 Å². The van der Waals surface area contributed by atoms with Crippen LogP contribution < -0.4 is 20.7 Å². The zero-order valence-corrected chi connectivity index (χ0v) is 42.9. The Labute approximate surface area is 459 Å². The molecule has 4 aromatic carbocycles. The van der Waals surface area contributed by atoms with Crippen LogP contribution in [0.4, 0.5) is 93.9 Å². The van der Waals surface area contributed by atoms with Crippen molar-refractivity contribution in [3.05, 3.63) is 173 Å². The number of pyridine rings is 1. The fourth-order valence-corrected chi connectivity index (χ4v) is 10.0. The molecule has 0 radical (unpaired) electrons. The van der Waals surface area contributed by atoms with Crippen molar-refractivity contribution < 1.29 is 81.3 Å². The van der Waals surface area contributed by atoms with Crippen LogP contribution in [0.5, 0.6) is 0 Å². The smallest absolute Gasteiger partial charge is 0.369 e. The van der Waals surface area contributed by atoms with Crippen molar-refractivity contribution in [2.45, 2.75) is 87.5 Å². The lowest BCUT2D eigenvalue weighted by Crippen LogP contribution is -2.54. The zero-order valence-electron chi connectivity index (χ0n) is 42.9. The number of nitrogens with one attached hydrogen (secondary N) is 2. The molecule has 0 unspecified atom stereocenters. The van der Waals surface area contributed by atoms with Crippen LogP contribution in [-0.2, 0) is 37.1 Å². The monoisotopic (exact) mass is 1170 g/mol. The molecule has 4 N–H and O–H groups in total. The molecule has 4 heterocycles. The summed E-state index contributed by atoms with van der Waals surface area (Å²) in [5, 5.41) is 25.8. The molecule has 0 aliphatic carbocycles. The van der Waals surface area contributed by atoms with Crippen LogP contribution in [0.3, 0.4) is 0 Å². The summed E-state index contributed by atoms with van der Waals surface area (Å²) in [6, 6.07) is 16.4. The van der Waals surface area contributed by atoms with Crippen LogP contribution in [0.1, 0.15) is 59.1 Å². The number of nitrogens with zero attached hydrogens (tertiary/aromatic N) is 7. The number of piperidine rings is 2. The van der Waals surface area contributed by atoms with Gasteiger partial charge in [-0.3, -0.25) is 20.1 Å². The highest BCUT2D eigenvalue weighted by Crippen LogP contribution is 2.51. The SMILES string of the molecule is O=C(Nc1ccncc1)N(c1ccc(CC2CCN(Cc3ccc(C(O)(C(F)(F)F)C(F)(F)F)cc3)CC2)cc1F)N(C(=O)Nc1ccncn1)c1ccc(CC2CCN(Cc3ccc(C(O)(C(F)(F)F)C(F)(F)F)cc3)CC2)cc1F. The number of rotatable bonds is 14. The number of hydrogen-bond donors (Lipinski definition) is 4. The predicted molar refractivity (Wildman–Crippen MR) is 270 cm³/mol. The number of carbonyl (C=O) groups excluding carboxylic acids is 2. The van der Waals surface area contributed by atoms with E-state index in [1.165, 1.54) is 61.1 Å². The molecule has 2 fully saturated rings. The number of alkyl halides is 12. The molecule has 438 valence electrons. The number of anilines is 4. The number of halogens is 14. The van der Waals surface area contributed by atoms with Crippen molar-refractivity contribution in [3.63, 3.8) is 0 Å². The minimum Gasteiger partial charge on any atom is -0.369 e. The number of urea groups is 2. The molecular formula is C55H51F14N9O4. The average molecular weight is 1170 g/mol. The predicted octanol–water partition coefficient (Wildman–Crippen LogP) is 12.4. The molecule has 6 aromatic rings. The van der Waals surface area contributed by atoms with Gasteiger partial charge in [-0.15, -0.1) is 0 Å². The number of aromatic nitrogens is 3. The Bertz CT molecular complexity index is 2900. The molecule has 0 spiro atoms. The molecule has 2 aliphatic rings. The molecular weight excluding hydrogens is 1120 g/mol. The van der Waals surface area contributed by atoms with Gasteiger partial charge in [-0.25, -0.2) is 28.3 Å². The van der Waals surface area contributed by atoms with Crippen LogP contribution in [0, 0.1) is 23.5 Å². The van der Waals surface area contributed by atoms with Gasteiger partial charge < -0.3 is 15.5 Å². The number of likely N-dealkylation sites (tertiary alicyclic amines) is 2. The number of amides is 4. The first-order valence-corrected chi connectivity index (χ1v) is 25.4. The van der Waals surface area contributed by atoms with Gasteiger partial charge in [0.1, 0.15) is 35.2 Å². The lowest BCUT2D eigenvalue weighted by atomic mass is 9.89. The Morgan fingerprint density at radius 2 is 0.866 bits per heavy atom. The van der Waals surface area contributed by atoms with Crippen LogP contribution in [-0.4, -0.2) is 97.9 Å². The van der Waals surface area contributed by atoms with Crippen molar-refractivity contribution in [1.29, 1.82) is 0 Å². The summed E-state index contributed by atoms with van der Waals surface area (Å²) >= 11 is 0. The molecule has 2 saturated heterocycles. The van der Waals surface area contributed by atoms with Gasteiger partial charge in [-0.2, -0.15) is 62.7 Å². The topological polar surface area (TPSA) is 150 Å². The van der Waals surface area contributed by atoms with E-state index in [4.69, 9.17) is 0 Å². The standard InChI is InChI=1S/C55H51F14N9O4/c56-43-29-38(27-34-16-23-75(24-17-34)31-36-1-7-40(8-2-36)50(81,52(58,59)60)53(61,62)63)5-11-45(43)77(48(79)73-42-13-20-70-21-14-42)78(49(80)74-47-15-22-71-33-72-47)46-12-6-39(30-44(46)57)28-35-18-25-76(26-19-35)32-37-3-9-41(10-4-37)51(82,54(64,65)66)55(67,68)69/h1-15,20-22,29-30,33-35,81-82H,16-19,23-28,31-32H2,(H,70,73,79)(H,71,72,74,80). The number of benzene rings is 4. The van der Waals surface area contributed by atoms with Gasteiger partial charge in [-0.05, 0) is 141 Å². The molecule has 13 nitrogen and oxygen atoms in total. The van der Waals surface area contributed by atoms with Gasteiger partial charge in [0.25, 0.3) is 11.2 Å². The molecule has 0 bridgehead atoms. The largest absolute Gasteiger partial charge is 0.430 e. The summed E-state index contributed by atoms with van der Waals surface area (Å²) in [5.74, 6) is -2.14. The first-order valence-electron chi connectivity index (χ1n) is 25.4. The summed E-state index contributed by atoms with van der Waals surface area (Å²) in [5.41, 5.74) is -11.9. The molecule has 82 heavy (non-hydrogen) atoms. The van der Waals surface area contributed by atoms with E-state index in [0.29, 0.717) is 121 Å². The van der Waals surface area contributed by atoms with Gasteiger partial charge in [0.2, 0.25) is 0 Å². The van der Waals surface area contributed by atoms with E-state index in [9.17, 15) is 72.5 Å². The van der Waals surface area contributed by atoms with Gasteiger partial charge in [0, 0.05) is 48.5 Å². The molecule has 4 amide bonds. The second-order valence-electron chi connectivity index (χ2n) is 20.0. The normalized spacial score (nSPS) is 15.8. The van der Waals surface area contributed by atoms with Crippen molar-refractivity contribution in [2.24, 2.45) is 11.8 Å². The van der Waals surface area contributed by atoms with E-state index in [1.807, 2.05) is 9.80 Å². The lowest BCUT2D eigenvalue weighted by molar-refractivity contribution is -0.376. The van der Waals surface area contributed by atoms with Crippen molar-refractivity contribution in [3.8, 4) is 0 Å². The van der Waals surface area contributed by atoms with Gasteiger partial charge in [-0.1, -0.05) is 60.7 Å². The van der Waals surface area contributed by atoms with Crippen LogP contribution >= 0.6 is 0 Å². The van der Waals surface area contributed by atoms with Crippen LogP contribution in [0.15, 0.2) is 128 Å². The first kappa shape index (κ1) is 60.6. The van der Waals surface area contributed by atoms with Gasteiger partial charge >= 0.3 is 36.8 Å². The minimum atomic E-state index is -6.03. The molecule has 2 aliphatic heterocycles. The fraction of sp³-hybridized carbons (Fsp3) is 0.364. The molecule has 8 rings (SSSR count). The van der Waals surface area contributed by atoms with E-state index < -0.39 is 82.1 Å². The van der Waals surface area contributed by atoms with Crippen molar-refractivity contribution in [2.75, 3.05) is 46.8 Å². The Kier molecular flexibility index (Phi) is 17.8. The van der Waals surface area contributed by atoms with Gasteiger partial charge in [0.15, 0.2) is 0 Å². The quantitative estimate of drug-likeness (QED) is 0.0617. The summed E-state index contributed by atoms with van der Waals surface area (Å²) in [6.45, 7) is 2.17. The summed E-state index contributed by atoms with van der Waals surface area (Å²) < 4.78 is 195. The fourth-order valence-electron chi connectivity index (χ4n) is 10.0. The molecule has 2 aromatic heterocycles. The maximum absolute atomic E-state index is 16.8. The second kappa shape index (κ2) is 24.1. The number of aliphatic hydroxyl groups is 2. The highest BCUT2D eigenvalue weighted by atomic mass is 19.4. The maximum atomic E-state index is 16.8. The average Bonchev–Trinajstić information content (AvgIpc) is 3.62. The highest BCUT2D eigenvalue weighted by molar-refractivity contribution is 6.13. The summed E-state index contributed by atoms with van der Waals surface area (Å²) in [4.78, 5) is 44.6. The first-order chi connectivity index (χ1) is 38.6. The van der Waals surface area contributed by atoms with E-state index in [0.717, 1.165) is 42.7 Å². The highest BCUT2D eigenvalue weighted by Gasteiger charge is 2.72. The third-order valence-electron chi connectivity index (χ3n) is 14.5. The molecule has 27 heteroatoms. The number of hydrazine groups is 1. The molecule has 0 atom stereocenters. The Morgan fingerprint density at radius 3 is 1.22 bits per heavy atom. The van der Waals surface area contributed by atoms with Crippen LogP contribution in [0.2, 0.25) is 0 Å². The zero-order chi connectivity index (χ0) is 59.4. The summed E-state index contributed by atoms with van der Waals surface area (Å²) in [6.07, 6.45) is -16.1. The Hall–Kier alpha value is -7.49. The Balaban J connectivity index is 0.972. The molecule has 0 saturated carbocycles.